The lowest BCUT2D eigenvalue weighted by Gasteiger charge is -2.64. The molecule has 8 fully saturated rings. The Morgan fingerprint density at radius 2 is 1.32 bits per heavy atom. The third-order valence-corrected chi connectivity index (χ3v) is 21.4. The molecule has 9 rings (SSSR count). The first-order valence-corrected chi connectivity index (χ1v) is 31.6. The standard InChI is InChI=1S/C54H86O28S2/c1-23(2)18-25(56)19-53(8)32-13-16-52(7)27-10-11-31-50(4,5)33(14-15-51(31,6)26(27)12-17-54(32,52)49(64)81-53)77-48-44(36(59)30(21-72-48)82-84(68,69)70)80-45-38(61)37(60)41(24(3)74-45)78-47-40(63)43(35(58)29(76-47)22-73-83(65,66)67)79-46-39(62)42(71-9)34(57)28(20-55)75-46/h10,23-24,26,28-48,55,57-63H,11-22H2,1-9H3,(H,65,66,67)(H,68,69,70)/t24?,26?,28?,29?,30-,31+,32-,33+,34-,35-,36?,37?,38?,39?,40?,41-,42?,43?,44?,45+,46+,47+,48+,51-,52+,53+,54?/m1/s1. The molecular weight excluding hydrogens is 1160 g/mol. The van der Waals surface area contributed by atoms with E-state index in [1.807, 2.05) is 20.8 Å². The Morgan fingerprint density at radius 3 is 1.95 bits per heavy atom. The van der Waals surface area contributed by atoms with Gasteiger partial charge < -0.3 is 88.2 Å². The summed E-state index contributed by atoms with van der Waals surface area (Å²) in [7, 11) is -9.25. The van der Waals surface area contributed by atoms with Crippen molar-refractivity contribution < 1.29 is 132 Å². The number of allylic oxidation sites excluding steroid dienone is 2. The number of Topliss-reactive ketones (excluding diaryl/α,β-unsaturated/α-hetero) is 1. The lowest BCUT2D eigenvalue weighted by Crippen LogP contribution is -2.67. The SMILES string of the molecule is COC1C(O)[C@H](OC2C(O)[C@H](O[C@@H]3C(C)O[C@@H](OC4C(O)[C@H](OS(=O)(=O)O)CO[C@H]4O[C@H]4CC[C@]5(C)C6CCC78C(=O)O[C@@](C)(CC(=O)CC(C)C)[C@H]7CC[C@@]8(C)C6=CC[C@H]5C4(C)C)C(O)C3O)OC(COS(=O)(=O)O)[C@H]2O)OC(CO)[C@H]1O. The number of esters is 1. The summed E-state index contributed by atoms with van der Waals surface area (Å²) in [5.41, 5.74) is -1.82. The average molecular weight is 1250 g/mol. The van der Waals surface area contributed by atoms with E-state index in [9.17, 15) is 76.4 Å². The average Bonchev–Trinajstić information content (AvgIpc) is 1.44. The van der Waals surface area contributed by atoms with Crippen molar-refractivity contribution in [2.45, 2.75) is 242 Å². The van der Waals surface area contributed by atoms with Gasteiger partial charge in [-0.15, -0.1) is 0 Å². The van der Waals surface area contributed by atoms with Crippen LogP contribution in [0.1, 0.15) is 113 Å². The minimum Gasteiger partial charge on any atom is -0.458 e. The molecule has 1 spiro atoms. The number of rotatable bonds is 19. The predicted molar refractivity (Wildman–Crippen MR) is 282 cm³/mol. The number of hydrogen-bond acceptors (Lipinski definition) is 26. The Balaban J connectivity index is 0.912. The molecule has 13 unspecified atom stereocenters. The predicted octanol–water partition coefficient (Wildman–Crippen LogP) is -0.475. The number of aliphatic hydroxyl groups excluding tert-OH is 8. The first-order chi connectivity index (χ1) is 39.0. The van der Waals surface area contributed by atoms with Gasteiger partial charge in [-0.1, -0.05) is 53.2 Å². The van der Waals surface area contributed by atoms with Crippen LogP contribution in [0.3, 0.4) is 0 Å². The fourth-order valence-corrected chi connectivity index (χ4v) is 17.3. The molecule has 28 nitrogen and oxygen atoms in total. The zero-order valence-electron chi connectivity index (χ0n) is 48.6. The Bertz CT molecular complexity index is 2640. The smallest absolute Gasteiger partial charge is 0.397 e. The number of fused-ring (bicyclic) bond motifs is 4. The number of carbonyl (C=O) groups excluding carboxylic acids is 2. The molecule has 5 saturated heterocycles. The molecule has 5 aliphatic heterocycles. The molecule has 9 aliphatic rings. The summed E-state index contributed by atoms with van der Waals surface area (Å²) in [6.07, 6.45) is -27.4. The summed E-state index contributed by atoms with van der Waals surface area (Å²) in [6, 6.07) is 0. The van der Waals surface area contributed by atoms with Gasteiger partial charge in [0.05, 0.1) is 37.4 Å². The Morgan fingerprint density at radius 1 is 0.702 bits per heavy atom. The molecule has 4 aliphatic carbocycles. The second kappa shape index (κ2) is 24.3. The zero-order chi connectivity index (χ0) is 61.8. The molecule has 0 radical (unpaired) electrons. The third-order valence-electron chi connectivity index (χ3n) is 20.5. The summed E-state index contributed by atoms with van der Waals surface area (Å²) in [4.78, 5) is 27.7. The maximum atomic E-state index is 14.4. The van der Waals surface area contributed by atoms with Crippen molar-refractivity contribution in [2.75, 3.05) is 26.9 Å². The van der Waals surface area contributed by atoms with Gasteiger partial charge in [0.2, 0.25) is 0 Å². The van der Waals surface area contributed by atoms with Gasteiger partial charge in [0.25, 0.3) is 0 Å². The number of hydrogen-bond donors (Lipinski definition) is 10. The topological polar surface area (TPSA) is 415 Å². The highest BCUT2D eigenvalue weighted by Gasteiger charge is 2.76. The number of carbonyl (C=O) groups is 2. The molecule has 84 heavy (non-hydrogen) atoms. The summed E-state index contributed by atoms with van der Waals surface area (Å²) in [5, 5.41) is 89.6. The van der Waals surface area contributed by atoms with E-state index < -0.39 is 185 Å². The van der Waals surface area contributed by atoms with Gasteiger partial charge in [0, 0.05) is 31.3 Å². The summed E-state index contributed by atoms with van der Waals surface area (Å²) >= 11 is 0. The number of ether oxygens (including phenoxy) is 10. The van der Waals surface area contributed by atoms with E-state index in [0.29, 0.717) is 32.1 Å². The van der Waals surface area contributed by atoms with Gasteiger partial charge in [-0.2, -0.15) is 16.8 Å². The normalized spacial score (nSPS) is 48.6. The monoisotopic (exact) mass is 1250 g/mol. The fourth-order valence-electron chi connectivity index (χ4n) is 16.5. The van der Waals surface area contributed by atoms with Crippen LogP contribution in [0.5, 0.6) is 0 Å². The van der Waals surface area contributed by atoms with Crippen molar-refractivity contribution in [1.29, 1.82) is 0 Å². The molecule has 30 heteroatoms. The van der Waals surface area contributed by atoms with Crippen molar-refractivity contribution in [2.24, 2.45) is 45.3 Å². The third kappa shape index (κ3) is 12.0. The molecule has 0 bridgehead atoms. The highest BCUT2D eigenvalue weighted by molar-refractivity contribution is 7.81. The van der Waals surface area contributed by atoms with Crippen LogP contribution in [0.15, 0.2) is 11.6 Å². The molecule has 0 aromatic heterocycles. The van der Waals surface area contributed by atoms with Crippen LogP contribution in [0, 0.1) is 45.3 Å². The van der Waals surface area contributed by atoms with Crippen molar-refractivity contribution in [1.82, 2.24) is 0 Å². The van der Waals surface area contributed by atoms with Crippen LogP contribution in [0.2, 0.25) is 0 Å². The van der Waals surface area contributed by atoms with Crippen LogP contribution >= 0.6 is 0 Å². The molecule has 0 aromatic rings. The maximum absolute atomic E-state index is 14.4. The van der Waals surface area contributed by atoms with Crippen LogP contribution in [0.25, 0.3) is 0 Å². The number of methoxy groups -OCH3 is 1. The van der Waals surface area contributed by atoms with E-state index in [1.165, 1.54) is 12.5 Å². The van der Waals surface area contributed by atoms with Crippen molar-refractivity contribution in [3.8, 4) is 0 Å². The van der Waals surface area contributed by atoms with Gasteiger partial charge >= 0.3 is 26.8 Å². The summed E-state index contributed by atoms with van der Waals surface area (Å²) in [5.74, 6) is 0.0274. The van der Waals surface area contributed by atoms with Crippen LogP contribution in [-0.4, -0.2) is 234 Å². The first kappa shape index (κ1) is 66.4. The minimum absolute atomic E-state index is 0.00754. The zero-order valence-corrected chi connectivity index (χ0v) is 50.2. The molecule has 10 N–H and O–H groups in total. The Labute approximate surface area is 488 Å². The molecule has 0 aromatic carbocycles. The maximum Gasteiger partial charge on any atom is 0.397 e. The Hall–Kier alpha value is -2.06. The van der Waals surface area contributed by atoms with E-state index in [0.717, 1.165) is 26.4 Å². The summed E-state index contributed by atoms with van der Waals surface area (Å²) < 4.78 is 135. The summed E-state index contributed by atoms with van der Waals surface area (Å²) in [6.45, 7) is 13.3. The largest absolute Gasteiger partial charge is 0.458 e. The molecule has 482 valence electrons. The van der Waals surface area contributed by atoms with Crippen molar-refractivity contribution >= 4 is 32.6 Å². The second-order valence-corrected chi connectivity index (χ2v) is 28.5. The van der Waals surface area contributed by atoms with E-state index in [2.05, 4.69) is 38.0 Å². The van der Waals surface area contributed by atoms with Crippen LogP contribution in [-0.2, 0) is 86.1 Å². The Kier molecular flexibility index (Phi) is 19.2. The number of ketones is 1. The lowest BCUT2D eigenvalue weighted by atomic mass is 9.41. The van der Waals surface area contributed by atoms with E-state index in [1.54, 1.807) is 0 Å². The second-order valence-electron chi connectivity index (χ2n) is 26.3. The van der Waals surface area contributed by atoms with E-state index >= 15 is 0 Å². The lowest BCUT2D eigenvalue weighted by molar-refractivity contribution is -0.389. The van der Waals surface area contributed by atoms with E-state index in [-0.39, 0.29) is 47.3 Å². The van der Waals surface area contributed by atoms with Gasteiger partial charge in [-0.25, -0.2) is 8.37 Å². The number of aliphatic hydroxyl groups is 8. The molecule has 3 saturated carbocycles. The van der Waals surface area contributed by atoms with Crippen molar-refractivity contribution in [3.05, 3.63) is 11.6 Å². The quantitative estimate of drug-likeness (QED) is 0.0444. The highest BCUT2D eigenvalue weighted by Crippen LogP contribution is 2.76. The van der Waals surface area contributed by atoms with Crippen LogP contribution < -0.4 is 0 Å². The van der Waals surface area contributed by atoms with Gasteiger partial charge in [0.15, 0.2) is 25.2 Å². The molecule has 27 atom stereocenters. The van der Waals surface area contributed by atoms with Crippen molar-refractivity contribution in [3.63, 3.8) is 0 Å². The molecule has 5 heterocycles. The number of cyclic esters (lactones) is 1. The first-order valence-electron chi connectivity index (χ1n) is 28.9. The van der Waals surface area contributed by atoms with Crippen LogP contribution in [0.4, 0.5) is 0 Å². The van der Waals surface area contributed by atoms with Gasteiger partial charge in [-0.3, -0.25) is 18.7 Å². The van der Waals surface area contributed by atoms with Gasteiger partial charge in [-0.05, 0) is 87.4 Å². The highest BCUT2D eigenvalue weighted by atomic mass is 32.3. The van der Waals surface area contributed by atoms with Gasteiger partial charge in [0.1, 0.15) is 96.8 Å². The fraction of sp³-hybridized carbons (Fsp3) is 0.926. The molecular formula is C54H86O28S2. The van der Waals surface area contributed by atoms with E-state index in [4.69, 9.17) is 51.6 Å². The molecule has 0 amide bonds. The minimum atomic E-state index is -5.21.